The van der Waals surface area contributed by atoms with E-state index in [2.05, 4.69) is 0 Å². The second kappa shape index (κ2) is 5.96. The summed E-state index contributed by atoms with van der Waals surface area (Å²) >= 11 is 0. The lowest BCUT2D eigenvalue weighted by Crippen LogP contribution is -1.88. The Hall–Kier alpha value is -2.42. The van der Waals surface area contributed by atoms with E-state index in [0.717, 1.165) is 22.6 Å². The Morgan fingerprint density at radius 3 is 2.05 bits per heavy atom. The summed E-state index contributed by atoms with van der Waals surface area (Å²) in [6.07, 6.45) is 3.87. The number of hydrogen-bond acceptors (Lipinski definition) is 3. The Morgan fingerprint density at radius 2 is 1.47 bits per heavy atom. The molecule has 0 unspecified atom stereocenters. The van der Waals surface area contributed by atoms with E-state index in [-0.39, 0.29) is 5.75 Å². The maximum atomic E-state index is 9.40. The van der Waals surface area contributed by atoms with Gasteiger partial charge in [0.25, 0.3) is 0 Å². The molecule has 0 bridgehead atoms. The Labute approximate surface area is 112 Å². The zero-order chi connectivity index (χ0) is 13.7. The molecule has 98 valence electrons. The molecule has 19 heavy (non-hydrogen) atoms. The lowest BCUT2D eigenvalue weighted by molar-refractivity contribution is 0.394. The van der Waals surface area contributed by atoms with Crippen molar-refractivity contribution < 1.29 is 14.6 Å². The van der Waals surface area contributed by atoms with Crippen molar-refractivity contribution in [2.75, 3.05) is 14.2 Å². The van der Waals surface area contributed by atoms with Crippen LogP contribution < -0.4 is 9.47 Å². The van der Waals surface area contributed by atoms with E-state index in [1.807, 2.05) is 36.4 Å². The number of hydrogen-bond donors (Lipinski definition) is 1. The van der Waals surface area contributed by atoms with E-state index in [4.69, 9.17) is 9.47 Å². The average molecular weight is 256 g/mol. The first kappa shape index (κ1) is 13.0. The molecule has 0 spiro atoms. The second-order valence-electron chi connectivity index (χ2n) is 4.07. The van der Waals surface area contributed by atoms with Gasteiger partial charge in [0.2, 0.25) is 0 Å². The Balaban J connectivity index is 2.27. The molecule has 1 N–H and O–H groups in total. The van der Waals surface area contributed by atoms with Gasteiger partial charge in [-0.1, -0.05) is 24.3 Å². The number of ether oxygens (including phenoxy) is 2. The van der Waals surface area contributed by atoms with Crippen molar-refractivity contribution in [2.45, 2.75) is 0 Å². The summed E-state index contributed by atoms with van der Waals surface area (Å²) in [6.45, 7) is 0. The third-order valence-corrected chi connectivity index (χ3v) is 2.71. The van der Waals surface area contributed by atoms with Crippen LogP contribution >= 0.6 is 0 Å². The number of methoxy groups -OCH3 is 2. The quantitative estimate of drug-likeness (QED) is 0.850. The SMILES string of the molecule is COc1cc(C=Cc2cccc(O)c2)cc(OC)c1. The highest BCUT2D eigenvalue weighted by atomic mass is 16.5. The summed E-state index contributed by atoms with van der Waals surface area (Å²) in [7, 11) is 3.25. The van der Waals surface area contributed by atoms with Crippen LogP contribution in [0.3, 0.4) is 0 Å². The van der Waals surface area contributed by atoms with Gasteiger partial charge in [0.05, 0.1) is 14.2 Å². The predicted octanol–water partition coefficient (Wildman–Crippen LogP) is 3.58. The van der Waals surface area contributed by atoms with E-state index in [0.29, 0.717) is 0 Å². The van der Waals surface area contributed by atoms with E-state index < -0.39 is 0 Å². The highest BCUT2D eigenvalue weighted by molar-refractivity contribution is 5.71. The van der Waals surface area contributed by atoms with E-state index in [1.54, 1.807) is 32.4 Å². The van der Waals surface area contributed by atoms with Crippen LogP contribution in [0.25, 0.3) is 12.2 Å². The van der Waals surface area contributed by atoms with Gasteiger partial charge in [-0.25, -0.2) is 0 Å². The maximum Gasteiger partial charge on any atom is 0.123 e. The molecule has 0 radical (unpaired) electrons. The second-order valence-corrected chi connectivity index (χ2v) is 4.07. The lowest BCUT2D eigenvalue weighted by Gasteiger charge is -2.05. The van der Waals surface area contributed by atoms with Crippen LogP contribution in [0.4, 0.5) is 0 Å². The standard InChI is InChI=1S/C16H16O3/c1-18-15-9-13(10-16(11-15)19-2)7-6-12-4-3-5-14(17)8-12/h3-11,17H,1-2H3. The maximum absolute atomic E-state index is 9.40. The normalized spacial score (nSPS) is 10.6. The van der Waals surface area contributed by atoms with Crippen molar-refractivity contribution in [2.24, 2.45) is 0 Å². The van der Waals surface area contributed by atoms with Gasteiger partial charge in [0, 0.05) is 6.07 Å². The monoisotopic (exact) mass is 256 g/mol. The van der Waals surface area contributed by atoms with Crippen LogP contribution in [0.15, 0.2) is 42.5 Å². The molecule has 0 atom stereocenters. The van der Waals surface area contributed by atoms with Gasteiger partial charge in [-0.2, -0.15) is 0 Å². The van der Waals surface area contributed by atoms with Crippen molar-refractivity contribution >= 4 is 12.2 Å². The number of aromatic hydroxyl groups is 1. The molecule has 3 nitrogen and oxygen atoms in total. The molecule has 0 aromatic heterocycles. The summed E-state index contributed by atoms with van der Waals surface area (Å²) in [5.41, 5.74) is 1.90. The van der Waals surface area contributed by atoms with E-state index in [9.17, 15) is 5.11 Å². The molecule has 0 aliphatic heterocycles. The van der Waals surface area contributed by atoms with Crippen molar-refractivity contribution in [1.29, 1.82) is 0 Å². The third-order valence-electron chi connectivity index (χ3n) is 2.71. The van der Waals surface area contributed by atoms with Gasteiger partial charge in [0.15, 0.2) is 0 Å². The lowest BCUT2D eigenvalue weighted by atomic mass is 10.1. The Morgan fingerprint density at radius 1 is 0.842 bits per heavy atom. The molecule has 0 saturated carbocycles. The fourth-order valence-corrected chi connectivity index (χ4v) is 1.75. The van der Waals surface area contributed by atoms with Gasteiger partial charge < -0.3 is 14.6 Å². The van der Waals surface area contributed by atoms with Crippen molar-refractivity contribution in [1.82, 2.24) is 0 Å². The fourth-order valence-electron chi connectivity index (χ4n) is 1.75. The van der Waals surface area contributed by atoms with Gasteiger partial charge in [0.1, 0.15) is 17.2 Å². The van der Waals surface area contributed by atoms with Crippen molar-refractivity contribution in [3.63, 3.8) is 0 Å². The summed E-state index contributed by atoms with van der Waals surface area (Å²) in [5, 5.41) is 9.40. The first-order valence-electron chi connectivity index (χ1n) is 5.91. The molecule has 0 fully saturated rings. The largest absolute Gasteiger partial charge is 0.508 e. The van der Waals surface area contributed by atoms with Gasteiger partial charge >= 0.3 is 0 Å². The summed E-state index contributed by atoms with van der Waals surface area (Å²) in [4.78, 5) is 0. The minimum absolute atomic E-state index is 0.255. The number of phenols is 1. The molecule has 2 aromatic rings. The topological polar surface area (TPSA) is 38.7 Å². The Bertz CT molecular complexity index is 566. The number of rotatable bonds is 4. The molecule has 0 amide bonds. The minimum atomic E-state index is 0.255. The van der Waals surface area contributed by atoms with Gasteiger partial charge in [-0.3, -0.25) is 0 Å². The molecule has 2 aromatic carbocycles. The van der Waals surface area contributed by atoms with Gasteiger partial charge in [-0.05, 0) is 35.4 Å². The van der Waals surface area contributed by atoms with Crippen LogP contribution in [0, 0.1) is 0 Å². The molecule has 3 heteroatoms. The summed E-state index contributed by atoms with van der Waals surface area (Å²) in [6, 6.07) is 12.7. The molecule has 0 saturated heterocycles. The molecule has 0 aliphatic rings. The van der Waals surface area contributed by atoms with Crippen molar-refractivity contribution in [3.05, 3.63) is 53.6 Å². The van der Waals surface area contributed by atoms with Crippen LogP contribution in [0.1, 0.15) is 11.1 Å². The third kappa shape index (κ3) is 3.52. The summed E-state index contributed by atoms with van der Waals surface area (Å²) in [5.74, 6) is 1.75. The first-order chi connectivity index (χ1) is 9.21. The zero-order valence-electron chi connectivity index (χ0n) is 11.0. The summed E-state index contributed by atoms with van der Waals surface area (Å²) < 4.78 is 10.4. The Kier molecular flexibility index (Phi) is 4.08. The van der Waals surface area contributed by atoms with Crippen LogP contribution in [0.2, 0.25) is 0 Å². The highest BCUT2D eigenvalue weighted by Gasteiger charge is 1.99. The molecule has 0 aliphatic carbocycles. The average Bonchev–Trinajstić information content (AvgIpc) is 2.44. The van der Waals surface area contributed by atoms with Gasteiger partial charge in [-0.15, -0.1) is 0 Å². The number of benzene rings is 2. The van der Waals surface area contributed by atoms with Crippen LogP contribution in [0.5, 0.6) is 17.2 Å². The van der Waals surface area contributed by atoms with E-state index >= 15 is 0 Å². The predicted molar refractivity (Wildman–Crippen MR) is 76.6 cm³/mol. The van der Waals surface area contributed by atoms with Crippen LogP contribution in [-0.2, 0) is 0 Å². The molecule has 0 heterocycles. The molecule has 2 rings (SSSR count). The van der Waals surface area contributed by atoms with E-state index in [1.165, 1.54) is 0 Å². The first-order valence-corrected chi connectivity index (χ1v) is 5.91. The molecular weight excluding hydrogens is 240 g/mol. The molecular formula is C16H16O3. The smallest absolute Gasteiger partial charge is 0.123 e. The fraction of sp³-hybridized carbons (Fsp3) is 0.125. The highest BCUT2D eigenvalue weighted by Crippen LogP contribution is 2.24. The zero-order valence-corrected chi connectivity index (χ0v) is 11.0. The number of phenolic OH excluding ortho intramolecular Hbond substituents is 1. The van der Waals surface area contributed by atoms with Crippen molar-refractivity contribution in [3.8, 4) is 17.2 Å². The minimum Gasteiger partial charge on any atom is -0.508 e. The van der Waals surface area contributed by atoms with Crippen LogP contribution in [-0.4, -0.2) is 19.3 Å².